The largest absolute Gasteiger partial charge is 0.480 e. The number of carbonyl (C=O) groups excluding carboxylic acids is 1. The Morgan fingerprint density at radius 3 is 2.48 bits per heavy atom. The van der Waals surface area contributed by atoms with Gasteiger partial charge >= 0.3 is 5.97 Å². The topological polar surface area (TPSA) is 87.7 Å². The van der Waals surface area contributed by atoms with Crippen LogP contribution in [0.1, 0.15) is 12.0 Å². The number of hydrogen-bond donors (Lipinski definition) is 3. The fourth-order valence-corrected chi connectivity index (χ4v) is 2.82. The van der Waals surface area contributed by atoms with Crippen molar-refractivity contribution in [2.75, 3.05) is 18.4 Å². The predicted octanol–water partition coefficient (Wildman–Crippen LogP) is 2.79. The van der Waals surface area contributed by atoms with Gasteiger partial charge in [0.15, 0.2) is 5.41 Å². The second-order valence-corrected chi connectivity index (χ2v) is 6.16. The van der Waals surface area contributed by atoms with Gasteiger partial charge in [-0.2, -0.15) is 0 Å². The molecule has 1 atom stereocenters. The molecule has 1 heterocycles. The summed E-state index contributed by atoms with van der Waals surface area (Å²) in [5, 5.41) is 15.1. The van der Waals surface area contributed by atoms with Crippen molar-refractivity contribution in [2.24, 2.45) is 5.41 Å². The molecule has 6 nitrogen and oxygen atoms in total. The van der Waals surface area contributed by atoms with Crippen LogP contribution in [0.5, 0.6) is 11.5 Å². The molecule has 2 aromatic carbocycles. The molecule has 0 saturated carbocycles. The molecule has 1 amide bonds. The van der Waals surface area contributed by atoms with Gasteiger partial charge in [-0.3, -0.25) is 9.59 Å². The van der Waals surface area contributed by atoms with Crippen molar-refractivity contribution in [1.29, 1.82) is 0 Å². The van der Waals surface area contributed by atoms with Crippen molar-refractivity contribution in [3.05, 3.63) is 54.1 Å². The fourth-order valence-electron chi connectivity index (χ4n) is 2.82. The van der Waals surface area contributed by atoms with Crippen molar-refractivity contribution < 1.29 is 19.4 Å². The third-order valence-electron chi connectivity index (χ3n) is 4.43. The van der Waals surface area contributed by atoms with Crippen LogP contribution in [0.15, 0.2) is 48.5 Å². The van der Waals surface area contributed by atoms with Crippen LogP contribution in [-0.4, -0.2) is 30.1 Å². The number of ether oxygens (including phenoxy) is 1. The Labute approximate surface area is 145 Å². The average Bonchev–Trinajstić information content (AvgIpc) is 3.10. The number of nitrogens with one attached hydrogen (secondary N) is 2. The highest BCUT2D eigenvalue weighted by Crippen LogP contribution is 2.29. The van der Waals surface area contributed by atoms with Crippen LogP contribution in [0, 0.1) is 12.3 Å². The zero-order chi connectivity index (χ0) is 17.9. The first-order valence-electron chi connectivity index (χ1n) is 8.10. The Hall–Kier alpha value is -2.86. The summed E-state index contributed by atoms with van der Waals surface area (Å²) in [6.07, 6.45) is 0.280. The normalized spacial score (nSPS) is 19.4. The van der Waals surface area contributed by atoms with E-state index >= 15 is 0 Å². The number of anilines is 1. The lowest BCUT2D eigenvalue weighted by Gasteiger charge is -2.21. The van der Waals surface area contributed by atoms with E-state index < -0.39 is 17.3 Å². The zero-order valence-electron chi connectivity index (χ0n) is 13.9. The Balaban J connectivity index is 1.69. The average molecular weight is 340 g/mol. The monoisotopic (exact) mass is 340 g/mol. The van der Waals surface area contributed by atoms with E-state index in [0.29, 0.717) is 18.0 Å². The number of rotatable bonds is 5. The van der Waals surface area contributed by atoms with E-state index in [1.807, 2.05) is 31.2 Å². The van der Waals surface area contributed by atoms with Gasteiger partial charge in [0, 0.05) is 12.2 Å². The Morgan fingerprint density at radius 1 is 1.16 bits per heavy atom. The van der Waals surface area contributed by atoms with Gasteiger partial charge in [-0.15, -0.1) is 0 Å². The first kappa shape index (κ1) is 17.0. The quantitative estimate of drug-likeness (QED) is 0.729. The number of amides is 1. The summed E-state index contributed by atoms with van der Waals surface area (Å²) in [7, 11) is 0. The lowest BCUT2D eigenvalue weighted by molar-refractivity contribution is -0.152. The zero-order valence-corrected chi connectivity index (χ0v) is 13.9. The molecule has 3 N–H and O–H groups in total. The molecule has 0 spiro atoms. The summed E-state index contributed by atoms with van der Waals surface area (Å²) in [6.45, 7) is 2.62. The van der Waals surface area contributed by atoms with Crippen LogP contribution in [0.4, 0.5) is 5.69 Å². The second kappa shape index (κ2) is 6.94. The lowest BCUT2D eigenvalue weighted by atomic mass is 9.86. The molecule has 0 aromatic heterocycles. The maximum atomic E-state index is 12.4. The second-order valence-electron chi connectivity index (χ2n) is 6.16. The molecule has 6 heteroatoms. The molecule has 1 unspecified atom stereocenters. The van der Waals surface area contributed by atoms with Crippen LogP contribution in [-0.2, 0) is 9.59 Å². The summed E-state index contributed by atoms with van der Waals surface area (Å²) in [4.78, 5) is 24.0. The first-order chi connectivity index (χ1) is 12.0. The predicted molar refractivity (Wildman–Crippen MR) is 93.9 cm³/mol. The number of benzene rings is 2. The van der Waals surface area contributed by atoms with E-state index in [9.17, 15) is 14.7 Å². The minimum Gasteiger partial charge on any atom is -0.480 e. The van der Waals surface area contributed by atoms with Crippen LogP contribution < -0.4 is 15.4 Å². The summed E-state index contributed by atoms with van der Waals surface area (Å²) >= 11 is 0. The third-order valence-corrected chi connectivity index (χ3v) is 4.43. The number of para-hydroxylation sites is 1. The van der Waals surface area contributed by atoms with Gasteiger partial charge in [-0.05, 0) is 55.8 Å². The SMILES string of the molecule is Cc1ccccc1Oc1ccc(NC(=O)C2(C(=O)O)CCNC2)cc1. The number of carbonyl (C=O) groups is 2. The van der Waals surface area contributed by atoms with Gasteiger partial charge in [-0.25, -0.2) is 0 Å². The van der Waals surface area contributed by atoms with E-state index in [1.165, 1.54) is 0 Å². The number of carboxylic acids is 1. The molecule has 0 bridgehead atoms. The smallest absolute Gasteiger partial charge is 0.320 e. The summed E-state index contributed by atoms with van der Waals surface area (Å²) < 4.78 is 5.81. The number of aliphatic carboxylic acids is 1. The fraction of sp³-hybridized carbons (Fsp3) is 0.263. The molecule has 0 aliphatic carbocycles. The minimum absolute atomic E-state index is 0.142. The molecular weight excluding hydrogens is 320 g/mol. The molecule has 130 valence electrons. The minimum atomic E-state index is -1.41. The van der Waals surface area contributed by atoms with Crippen LogP contribution in [0.3, 0.4) is 0 Å². The number of hydrogen-bond acceptors (Lipinski definition) is 4. The van der Waals surface area contributed by atoms with Gasteiger partial charge in [0.1, 0.15) is 11.5 Å². The van der Waals surface area contributed by atoms with Gasteiger partial charge in [0.2, 0.25) is 5.91 Å². The van der Waals surface area contributed by atoms with Gasteiger partial charge in [0.25, 0.3) is 0 Å². The highest BCUT2D eigenvalue weighted by atomic mass is 16.5. The number of carboxylic acid groups (broad SMARTS) is 1. The van der Waals surface area contributed by atoms with E-state index in [0.717, 1.165) is 11.3 Å². The molecule has 2 aromatic rings. The van der Waals surface area contributed by atoms with E-state index in [4.69, 9.17) is 4.74 Å². The van der Waals surface area contributed by atoms with E-state index in [2.05, 4.69) is 10.6 Å². The Kier molecular flexibility index (Phi) is 4.72. The van der Waals surface area contributed by atoms with E-state index in [-0.39, 0.29) is 13.0 Å². The first-order valence-corrected chi connectivity index (χ1v) is 8.10. The van der Waals surface area contributed by atoms with Gasteiger partial charge in [0.05, 0.1) is 0 Å². The van der Waals surface area contributed by atoms with Gasteiger partial charge < -0.3 is 20.5 Å². The molecule has 1 aliphatic heterocycles. The maximum Gasteiger partial charge on any atom is 0.320 e. The Bertz CT molecular complexity index is 780. The highest BCUT2D eigenvalue weighted by molar-refractivity contribution is 6.08. The molecule has 1 aliphatic rings. The summed E-state index contributed by atoms with van der Waals surface area (Å²) in [6, 6.07) is 14.6. The van der Waals surface area contributed by atoms with Crippen molar-refractivity contribution in [1.82, 2.24) is 5.32 Å². The van der Waals surface area contributed by atoms with Crippen LogP contribution >= 0.6 is 0 Å². The molecule has 1 saturated heterocycles. The lowest BCUT2D eigenvalue weighted by Crippen LogP contribution is -2.44. The van der Waals surface area contributed by atoms with Crippen LogP contribution in [0.2, 0.25) is 0 Å². The van der Waals surface area contributed by atoms with Crippen molar-refractivity contribution in [3.63, 3.8) is 0 Å². The summed E-state index contributed by atoms with van der Waals surface area (Å²) in [5.74, 6) is -0.198. The van der Waals surface area contributed by atoms with Crippen molar-refractivity contribution in [3.8, 4) is 11.5 Å². The maximum absolute atomic E-state index is 12.4. The Morgan fingerprint density at radius 2 is 1.88 bits per heavy atom. The molecule has 1 fully saturated rings. The molecule has 0 radical (unpaired) electrons. The van der Waals surface area contributed by atoms with Gasteiger partial charge in [-0.1, -0.05) is 18.2 Å². The highest BCUT2D eigenvalue weighted by Gasteiger charge is 2.48. The third kappa shape index (κ3) is 3.49. The molecule has 25 heavy (non-hydrogen) atoms. The van der Waals surface area contributed by atoms with E-state index in [1.54, 1.807) is 24.3 Å². The number of aryl methyl sites for hydroxylation is 1. The molecule has 3 rings (SSSR count). The summed E-state index contributed by atoms with van der Waals surface area (Å²) in [5.41, 5.74) is 0.155. The standard InChI is InChI=1S/C19H20N2O4/c1-13-4-2-3-5-16(13)25-15-8-6-14(7-9-15)21-17(22)19(18(23)24)10-11-20-12-19/h2-9,20H,10-12H2,1H3,(H,21,22)(H,23,24). The molecular formula is C19H20N2O4. The van der Waals surface area contributed by atoms with Crippen molar-refractivity contribution in [2.45, 2.75) is 13.3 Å². The van der Waals surface area contributed by atoms with Crippen molar-refractivity contribution >= 4 is 17.6 Å². The van der Waals surface area contributed by atoms with Crippen LogP contribution in [0.25, 0.3) is 0 Å².